The Morgan fingerprint density at radius 2 is 1.65 bits per heavy atom. The molecule has 1 aromatic rings. The minimum absolute atomic E-state index is 0.0491. The molecule has 1 aliphatic carbocycles. The van der Waals surface area contributed by atoms with Crippen molar-refractivity contribution in [3.8, 4) is 11.8 Å². The summed E-state index contributed by atoms with van der Waals surface area (Å²) in [5.74, 6) is 3.97. The summed E-state index contributed by atoms with van der Waals surface area (Å²) in [6.07, 6.45) is 1.75. The van der Waals surface area contributed by atoms with Crippen LogP contribution in [0.2, 0.25) is 0 Å². The number of hydrogen-bond donors (Lipinski definition) is 0. The van der Waals surface area contributed by atoms with Gasteiger partial charge in [-0.25, -0.2) is 0 Å². The monoisotopic (exact) mass is 423 g/mol. The van der Waals surface area contributed by atoms with Crippen LogP contribution in [0.25, 0.3) is 0 Å². The van der Waals surface area contributed by atoms with Crippen molar-refractivity contribution in [3.63, 3.8) is 0 Å². The number of carbonyl (C=O) groups excluding carboxylic acids is 4. The van der Waals surface area contributed by atoms with Crippen molar-refractivity contribution in [2.75, 3.05) is 26.8 Å². The van der Waals surface area contributed by atoms with Crippen LogP contribution in [0.15, 0.2) is 12.1 Å². The van der Waals surface area contributed by atoms with Crippen molar-refractivity contribution >= 4 is 23.3 Å². The second kappa shape index (κ2) is 9.15. The zero-order valence-electron chi connectivity index (χ0n) is 18.7. The normalized spacial score (nSPS) is 18.6. The molecule has 1 saturated heterocycles. The highest BCUT2D eigenvalue weighted by Crippen LogP contribution is 2.46. The van der Waals surface area contributed by atoms with Gasteiger partial charge in [0, 0.05) is 38.6 Å². The number of ether oxygens (including phenoxy) is 1. The summed E-state index contributed by atoms with van der Waals surface area (Å²) < 4.78 is 4.75. The Morgan fingerprint density at radius 1 is 1.10 bits per heavy atom. The van der Waals surface area contributed by atoms with Crippen LogP contribution in [0.3, 0.4) is 0 Å². The first-order valence-electron chi connectivity index (χ1n) is 10.6. The summed E-state index contributed by atoms with van der Waals surface area (Å²) in [6, 6.07) is 3.87. The Balaban J connectivity index is 1.75. The van der Waals surface area contributed by atoms with E-state index in [1.807, 2.05) is 26.0 Å². The molecule has 2 fully saturated rings. The topological polar surface area (TPSA) is 80.8 Å². The van der Waals surface area contributed by atoms with Crippen molar-refractivity contribution in [2.45, 2.75) is 52.4 Å². The van der Waals surface area contributed by atoms with Crippen LogP contribution in [-0.2, 0) is 23.9 Å². The highest BCUT2D eigenvalue weighted by Gasteiger charge is 2.48. The fraction of sp³-hybridized carbons (Fsp3) is 0.520. The molecule has 0 unspecified atom stereocenters. The number of ketones is 3. The standard InChI is InChI=1S/C25H29NO5/c1-5-6-18-11-16(2)22(17(3)12-18)23-19(27)13-25(14-20(23)28)7-9-26(10-8-25)24(30)21(29)15-31-4/h11-12,23H,7-10,13-15H2,1-4H3. The van der Waals surface area contributed by atoms with Gasteiger partial charge in [-0.15, -0.1) is 5.92 Å². The number of rotatable bonds is 4. The number of piperidine rings is 1. The van der Waals surface area contributed by atoms with E-state index in [9.17, 15) is 19.2 Å². The highest BCUT2D eigenvalue weighted by molar-refractivity contribution is 6.36. The van der Waals surface area contributed by atoms with Gasteiger partial charge in [-0.3, -0.25) is 19.2 Å². The maximum absolute atomic E-state index is 13.2. The van der Waals surface area contributed by atoms with Gasteiger partial charge in [0.15, 0.2) is 0 Å². The summed E-state index contributed by atoms with van der Waals surface area (Å²) in [7, 11) is 1.38. The van der Waals surface area contributed by atoms with Crippen LogP contribution < -0.4 is 0 Å². The second-order valence-electron chi connectivity index (χ2n) is 8.77. The van der Waals surface area contributed by atoms with Gasteiger partial charge in [0.05, 0.1) is 0 Å². The largest absolute Gasteiger partial charge is 0.376 e. The lowest BCUT2D eigenvalue weighted by atomic mass is 9.62. The van der Waals surface area contributed by atoms with Crippen LogP contribution >= 0.6 is 0 Å². The van der Waals surface area contributed by atoms with Crippen molar-refractivity contribution in [1.29, 1.82) is 0 Å². The van der Waals surface area contributed by atoms with E-state index in [2.05, 4.69) is 11.8 Å². The highest BCUT2D eigenvalue weighted by atomic mass is 16.5. The SMILES string of the molecule is CC#Cc1cc(C)c(C2C(=O)CC3(CCN(C(=O)C(=O)COC)CC3)CC2=O)c(C)c1. The molecule has 6 heteroatoms. The van der Waals surface area contributed by atoms with Gasteiger partial charge >= 0.3 is 0 Å². The van der Waals surface area contributed by atoms with Crippen LogP contribution in [0.1, 0.15) is 60.8 Å². The molecular weight excluding hydrogens is 394 g/mol. The van der Waals surface area contributed by atoms with Crippen molar-refractivity contribution in [1.82, 2.24) is 4.90 Å². The Morgan fingerprint density at radius 3 is 2.13 bits per heavy atom. The maximum Gasteiger partial charge on any atom is 0.292 e. The third-order valence-corrected chi connectivity index (χ3v) is 6.52. The molecule has 1 saturated carbocycles. The van der Waals surface area contributed by atoms with Gasteiger partial charge in [-0.1, -0.05) is 5.92 Å². The molecule has 1 heterocycles. The quantitative estimate of drug-likeness (QED) is 0.422. The molecular formula is C25H29NO5. The van der Waals surface area contributed by atoms with Gasteiger partial charge < -0.3 is 9.64 Å². The third-order valence-electron chi connectivity index (χ3n) is 6.52. The minimum atomic E-state index is -0.725. The van der Waals surface area contributed by atoms with Crippen molar-refractivity contribution < 1.29 is 23.9 Å². The molecule has 0 bridgehead atoms. The van der Waals surface area contributed by atoms with Gasteiger partial charge in [0.1, 0.15) is 24.1 Å². The number of methoxy groups -OCH3 is 1. The lowest BCUT2D eigenvalue weighted by molar-refractivity contribution is -0.149. The van der Waals surface area contributed by atoms with Crippen LogP contribution in [0.4, 0.5) is 0 Å². The molecule has 0 radical (unpaired) electrons. The van der Waals surface area contributed by atoms with Gasteiger partial charge in [0.25, 0.3) is 5.91 Å². The zero-order valence-corrected chi connectivity index (χ0v) is 18.7. The van der Waals surface area contributed by atoms with Gasteiger partial charge in [0.2, 0.25) is 5.78 Å². The maximum atomic E-state index is 13.2. The van der Waals surface area contributed by atoms with E-state index in [1.165, 1.54) is 12.0 Å². The van der Waals surface area contributed by atoms with E-state index in [1.54, 1.807) is 6.92 Å². The number of hydrogen-bond acceptors (Lipinski definition) is 5. The lowest BCUT2D eigenvalue weighted by Gasteiger charge is -2.44. The number of amides is 1. The summed E-state index contributed by atoms with van der Waals surface area (Å²) >= 11 is 0. The average molecular weight is 424 g/mol. The molecule has 6 nitrogen and oxygen atoms in total. The van der Waals surface area contributed by atoms with Gasteiger partial charge in [-0.05, 0) is 67.9 Å². The molecule has 1 aromatic carbocycles. The Hall–Kier alpha value is -2.78. The minimum Gasteiger partial charge on any atom is -0.376 e. The third kappa shape index (κ3) is 4.62. The lowest BCUT2D eigenvalue weighted by Crippen LogP contribution is -2.50. The molecule has 3 rings (SSSR count). The summed E-state index contributed by atoms with van der Waals surface area (Å²) in [5.41, 5.74) is 3.11. The Kier molecular flexibility index (Phi) is 6.76. The van der Waals surface area contributed by atoms with E-state index in [-0.39, 0.29) is 18.2 Å². The molecule has 0 atom stereocenters. The van der Waals surface area contributed by atoms with Crippen LogP contribution in [-0.4, -0.2) is 55.0 Å². The van der Waals surface area contributed by atoms with Crippen molar-refractivity contribution in [3.05, 3.63) is 34.4 Å². The first kappa shape index (κ1) is 22.9. The van der Waals surface area contributed by atoms with E-state index < -0.39 is 23.0 Å². The predicted molar refractivity (Wildman–Crippen MR) is 116 cm³/mol. The Bertz CT molecular complexity index is 946. The van der Waals surface area contributed by atoms with Crippen LogP contribution in [0.5, 0.6) is 0 Å². The van der Waals surface area contributed by atoms with E-state index in [0.29, 0.717) is 38.8 Å². The van der Waals surface area contributed by atoms with E-state index in [0.717, 1.165) is 22.3 Å². The molecule has 1 aliphatic heterocycles. The number of aryl methyl sites for hydroxylation is 2. The van der Waals surface area contributed by atoms with E-state index in [4.69, 9.17) is 4.74 Å². The fourth-order valence-corrected chi connectivity index (χ4v) is 5.06. The fourth-order valence-electron chi connectivity index (χ4n) is 5.06. The summed E-state index contributed by atoms with van der Waals surface area (Å²) in [6.45, 7) is 6.15. The summed E-state index contributed by atoms with van der Waals surface area (Å²) in [4.78, 5) is 52.0. The first-order valence-corrected chi connectivity index (χ1v) is 10.6. The molecule has 0 N–H and O–H groups in total. The average Bonchev–Trinajstić information content (AvgIpc) is 2.70. The van der Waals surface area contributed by atoms with Gasteiger partial charge in [-0.2, -0.15) is 0 Å². The molecule has 1 spiro atoms. The molecule has 2 aliphatic rings. The molecule has 0 aromatic heterocycles. The summed E-state index contributed by atoms with van der Waals surface area (Å²) in [5, 5.41) is 0. The first-order chi connectivity index (χ1) is 14.7. The van der Waals surface area contributed by atoms with Crippen molar-refractivity contribution in [2.24, 2.45) is 5.41 Å². The van der Waals surface area contributed by atoms with E-state index >= 15 is 0 Å². The van der Waals surface area contributed by atoms with Crippen LogP contribution in [0, 0.1) is 31.1 Å². The number of benzene rings is 1. The Labute approximate surface area is 183 Å². The second-order valence-corrected chi connectivity index (χ2v) is 8.77. The smallest absolute Gasteiger partial charge is 0.292 e. The number of nitrogens with zero attached hydrogens (tertiary/aromatic N) is 1. The number of Topliss-reactive ketones (excluding diaryl/α,β-unsaturated/α-hetero) is 3. The molecule has 164 valence electrons. The predicted octanol–water partition coefficient (Wildman–Crippen LogP) is 2.51. The molecule has 1 amide bonds. The molecule has 31 heavy (non-hydrogen) atoms. The number of carbonyl (C=O) groups is 4. The number of likely N-dealkylation sites (tertiary alicyclic amines) is 1. The zero-order chi connectivity index (χ0) is 22.8.